The van der Waals surface area contributed by atoms with Gasteiger partial charge in [-0.2, -0.15) is 13.2 Å². The molecule has 2 rings (SSSR count). The zero-order valence-corrected chi connectivity index (χ0v) is 18.8. The number of allylic oxidation sites excluding steroid dienone is 1. The van der Waals surface area contributed by atoms with Gasteiger partial charge in [-0.05, 0) is 24.8 Å². The van der Waals surface area contributed by atoms with Crippen LogP contribution in [0.15, 0.2) is 47.2 Å². The summed E-state index contributed by atoms with van der Waals surface area (Å²) >= 11 is 0.231. The van der Waals surface area contributed by atoms with Gasteiger partial charge in [0.05, 0.1) is 23.6 Å². The van der Waals surface area contributed by atoms with E-state index in [1.54, 1.807) is 0 Å². The number of carbonyl (C=O) groups excluding carboxylic acids is 2. The molecule has 8 heteroatoms. The number of halogens is 3. The summed E-state index contributed by atoms with van der Waals surface area (Å²) in [5, 5.41) is 2.53. The number of hydrogen-bond acceptors (Lipinski definition) is 5. The lowest BCUT2D eigenvalue weighted by Gasteiger charge is -2.32. The number of dihydropyridines is 1. The molecule has 1 aliphatic heterocycles. The Hall–Kier alpha value is -2.22. The number of thioether (sulfide) groups is 1. The first-order chi connectivity index (χ1) is 14.7. The molecule has 1 N–H and O–H groups in total. The molecule has 0 spiro atoms. The van der Waals surface area contributed by atoms with Crippen LogP contribution in [0, 0.1) is 5.92 Å². The highest BCUT2D eigenvalue weighted by Gasteiger charge is 2.39. The fourth-order valence-electron chi connectivity index (χ4n) is 3.51. The quantitative estimate of drug-likeness (QED) is 0.473. The van der Waals surface area contributed by atoms with Gasteiger partial charge in [-0.25, -0.2) is 4.79 Å². The van der Waals surface area contributed by atoms with Gasteiger partial charge < -0.3 is 10.1 Å². The maximum atomic E-state index is 13.1. The Morgan fingerprint density at radius 3 is 2.29 bits per heavy atom. The van der Waals surface area contributed by atoms with Crippen LogP contribution in [0.2, 0.25) is 0 Å². The average molecular weight is 456 g/mol. The van der Waals surface area contributed by atoms with Crippen LogP contribution >= 0.6 is 11.8 Å². The molecule has 0 saturated carbocycles. The van der Waals surface area contributed by atoms with Crippen LogP contribution in [0.25, 0.3) is 5.70 Å². The van der Waals surface area contributed by atoms with E-state index in [0.717, 1.165) is 5.56 Å². The van der Waals surface area contributed by atoms with Crippen molar-refractivity contribution in [3.8, 4) is 0 Å². The minimum Gasteiger partial charge on any atom is -0.462 e. The van der Waals surface area contributed by atoms with E-state index < -0.39 is 28.9 Å². The Kier molecular flexibility index (Phi) is 9.22. The summed E-state index contributed by atoms with van der Waals surface area (Å²) in [6.07, 6.45) is -2.30. The summed E-state index contributed by atoms with van der Waals surface area (Å²) in [4.78, 5) is 26.0. The Balaban J connectivity index is 2.58. The topological polar surface area (TPSA) is 55.4 Å². The minimum absolute atomic E-state index is 0.222. The number of esters is 1. The van der Waals surface area contributed by atoms with Gasteiger partial charge in [0.25, 0.3) is 0 Å². The number of rotatable bonds is 9. The molecule has 0 amide bonds. The van der Waals surface area contributed by atoms with Gasteiger partial charge in [-0.1, -0.05) is 69.3 Å². The fraction of sp³-hybridized carbons (Fsp3) is 0.478. The molecule has 0 fully saturated rings. The Morgan fingerprint density at radius 2 is 1.74 bits per heavy atom. The zero-order chi connectivity index (χ0) is 23.0. The second kappa shape index (κ2) is 11.4. The average Bonchev–Trinajstić information content (AvgIpc) is 2.75. The molecule has 0 saturated heterocycles. The van der Waals surface area contributed by atoms with E-state index in [1.807, 2.05) is 51.1 Å². The van der Waals surface area contributed by atoms with E-state index in [4.69, 9.17) is 4.74 Å². The molecule has 1 atom stereocenters. The van der Waals surface area contributed by atoms with Crippen LogP contribution < -0.4 is 5.32 Å². The van der Waals surface area contributed by atoms with Crippen LogP contribution in [0.5, 0.6) is 0 Å². The number of ether oxygens (including phenoxy) is 1. The Bertz CT molecular complexity index is 847. The summed E-state index contributed by atoms with van der Waals surface area (Å²) in [5.74, 6) is -2.45. The van der Waals surface area contributed by atoms with Crippen molar-refractivity contribution in [2.75, 3.05) is 12.4 Å². The second-order valence-electron chi connectivity index (χ2n) is 7.19. The fourth-order valence-corrected chi connectivity index (χ4v) is 4.23. The van der Waals surface area contributed by atoms with Crippen LogP contribution in [0.1, 0.15) is 52.0 Å². The van der Waals surface area contributed by atoms with E-state index >= 15 is 0 Å². The van der Waals surface area contributed by atoms with E-state index in [9.17, 15) is 22.8 Å². The van der Waals surface area contributed by atoms with Crippen molar-refractivity contribution >= 4 is 28.5 Å². The maximum Gasteiger partial charge on any atom is 0.398 e. The van der Waals surface area contributed by atoms with Crippen molar-refractivity contribution in [3.63, 3.8) is 0 Å². The van der Waals surface area contributed by atoms with E-state index in [2.05, 4.69) is 5.32 Å². The number of benzene rings is 1. The molecule has 31 heavy (non-hydrogen) atoms. The van der Waals surface area contributed by atoms with E-state index in [1.165, 1.54) is 0 Å². The highest BCUT2D eigenvalue weighted by atomic mass is 32.2. The summed E-state index contributed by atoms with van der Waals surface area (Å²) in [6, 6.07) is 9.21. The molecule has 1 aromatic carbocycles. The molecule has 0 aliphatic carbocycles. The number of alkyl halides is 3. The van der Waals surface area contributed by atoms with Crippen molar-refractivity contribution in [1.29, 1.82) is 0 Å². The van der Waals surface area contributed by atoms with Crippen molar-refractivity contribution in [3.05, 3.63) is 52.7 Å². The van der Waals surface area contributed by atoms with Crippen molar-refractivity contribution in [2.45, 2.75) is 52.6 Å². The first-order valence-corrected chi connectivity index (χ1v) is 11.4. The van der Waals surface area contributed by atoms with Crippen LogP contribution in [-0.2, 0) is 14.3 Å². The van der Waals surface area contributed by atoms with Gasteiger partial charge in [0.1, 0.15) is 0 Å². The monoisotopic (exact) mass is 455 g/mol. The summed E-state index contributed by atoms with van der Waals surface area (Å²) in [7, 11) is 0. The van der Waals surface area contributed by atoms with Crippen LogP contribution in [-0.4, -0.2) is 29.6 Å². The highest BCUT2D eigenvalue weighted by molar-refractivity contribution is 8.14. The largest absolute Gasteiger partial charge is 0.462 e. The van der Waals surface area contributed by atoms with Crippen molar-refractivity contribution in [1.82, 2.24) is 5.32 Å². The minimum atomic E-state index is -4.45. The highest BCUT2D eigenvalue weighted by Crippen LogP contribution is 2.40. The summed E-state index contributed by atoms with van der Waals surface area (Å²) < 4.78 is 43.7. The molecule has 1 unspecified atom stereocenters. The molecule has 0 aromatic heterocycles. The molecule has 4 nitrogen and oxygen atoms in total. The van der Waals surface area contributed by atoms with Gasteiger partial charge in [0.15, 0.2) is 0 Å². The smallest absolute Gasteiger partial charge is 0.398 e. The molecule has 1 aliphatic rings. The third-order valence-electron chi connectivity index (χ3n) is 4.80. The Labute approximate surface area is 185 Å². The molecule has 0 radical (unpaired) electrons. The predicted molar refractivity (Wildman–Crippen MR) is 117 cm³/mol. The molecule has 1 heterocycles. The third-order valence-corrected chi connectivity index (χ3v) is 5.76. The van der Waals surface area contributed by atoms with E-state index in [0.29, 0.717) is 42.7 Å². The third kappa shape index (κ3) is 6.63. The molecular formula is C23H28F3NO3S. The molecule has 1 aromatic rings. The van der Waals surface area contributed by atoms with Crippen molar-refractivity contribution < 1.29 is 27.5 Å². The maximum absolute atomic E-state index is 13.1. The van der Waals surface area contributed by atoms with Crippen LogP contribution in [0.3, 0.4) is 0 Å². The predicted octanol–water partition coefficient (Wildman–Crippen LogP) is 5.86. The van der Waals surface area contributed by atoms with Crippen molar-refractivity contribution in [2.24, 2.45) is 5.92 Å². The van der Waals surface area contributed by atoms with E-state index in [-0.39, 0.29) is 23.9 Å². The van der Waals surface area contributed by atoms with Gasteiger partial charge in [-0.3, -0.25) is 4.79 Å². The summed E-state index contributed by atoms with van der Waals surface area (Å²) in [5.41, 5.74) is 2.39. The first kappa shape index (κ1) is 25.0. The summed E-state index contributed by atoms with van der Waals surface area (Å²) in [6.45, 7) is 5.84. The number of carbonyl (C=O) groups is 2. The normalized spacial score (nSPS) is 16.9. The molecule has 170 valence electrons. The SMILES string of the molecule is CCCOC(=O)C1=C(c2ccccc2)NC(CC)=C(C(=O)SCC(F)(F)F)C1CCC. The zero-order valence-electron chi connectivity index (χ0n) is 18.0. The first-order valence-electron chi connectivity index (χ1n) is 10.4. The van der Waals surface area contributed by atoms with Gasteiger partial charge in [-0.15, -0.1) is 0 Å². The molecular weight excluding hydrogens is 427 g/mol. The van der Waals surface area contributed by atoms with Gasteiger partial charge >= 0.3 is 12.1 Å². The number of hydrogen-bond donors (Lipinski definition) is 1. The lowest BCUT2D eigenvalue weighted by Crippen LogP contribution is -2.33. The van der Waals surface area contributed by atoms with Gasteiger partial charge in [0.2, 0.25) is 5.12 Å². The van der Waals surface area contributed by atoms with Gasteiger partial charge in [0, 0.05) is 17.2 Å². The lowest BCUT2D eigenvalue weighted by atomic mass is 9.81. The number of nitrogens with one attached hydrogen (secondary N) is 1. The Morgan fingerprint density at radius 1 is 1.06 bits per heavy atom. The lowest BCUT2D eigenvalue weighted by molar-refractivity contribution is -0.139. The van der Waals surface area contributed by atoms with Crippen LogP contribution in [0.4, 0.5) is 13.2 Å². The molecule has 0 bridgehead atoms. The second-order valence-corrected chi connectivity index (χ2v) is 8.14. The standard InChI is InChI=1S/C23H28F3NO3S/c1-4-10-16-18(22(29)31-14-23(24,25)26)17(6-3)27-20(15-11-8-7-9-12-15)19(16)21(28)30-13-5-2/h7-9,11-12,16,27H,4-6,10,13-14H2,1-3H3.